The molecule has 0 aromatic carbocycles. The first-order valence-electron chi connectivity index (χ1n) is 9.73. The highest BCUT2D eigenvalue weighted by molar-refractivity contribution is 5.85. The summed E-state index contributed by atoms with van der Waals surface area (Å²) in [6.45, 7) is 2.28. The number of unbranched alkanes of at least 4 members (excludes halogenated alkanes) is 15. The van der Waals surface area contributed by atoms with Gasteiger partial charge in [-0.1, -0.05) is 103 Å². The summed E-state index contributed by atoms with van der Waals surface area (Å²) in [5, 5.41) is 0. The summed E-state index contributed by atoms with van der Waals surface area (Å²) in [5.74, 6) is -0.332. The fourth-order valence-corrected chi connectivity index (χ4v) is 2.83. The van der Waals surface area contributed by atoms with Gasteiger partial charge in [0.25, 0.3) is 0 Å². The topological polar surface area (TPSA) is 43.1 Å². The fourth-order valence-electron chi connectivity index (χ4n) is 2.83. The average molecular weight is 310 g/mol. The van der Waals surface area contributed by atoms with Crippen molar-refractivity contribution in [1.29, 1.82) is 0 Å². The molecular weight excluding hydrogens is 270 g/mol. The van der Waals surface area contributed by atoms with E-state index in [2.05, 4.69) is 6.92 Å². The van der Waals surface area contributed by atoms with E-state index in [1.54, 1.807) is 0 Å². The van der Waals surface area contributed by atoms with Gasteiger partial charge in [-0.15, -0.1) is 0 Å². The van der Waals surface area contributed by atoms with Crippen LogP contribution in [0.3, 0.4) is 0 Å². The van der Waals surface area contributed by atoms with E-state index in [4.69, 9.17) is 5.73 Å². The molecule has 22 heavy (non-hydrogen) atoms. The molecule has 2 N–H and O–H groups in total. The van der Waals surface area contributed by atoms with E-state index in [1.165, 1.54) is 102 Å². The van der Waals surface area contributed by atoms with Crippen molar-refractivity contribution in [3.63, 3.8) is 0 Å². The zero-order valence-corrected chi connectivity index (χ0v) is 15.0. The summed E-state index contributed by atoms with van der Waals surface area (Å²) >= 11 is 0. The summed E-state index contributed by atoms with van der Waals surface area (Å²) in [4.78, 5) is 10.5. The van der Waals surface area contributed by atoms with Gasteiger partial charge in [-0.25, -0.2) is 0 Å². The number of hydrogen-bond donors (Lipinski definition) is 1. The minimum Gasteiger partial charge on any atom is -0.366 e. The summed E-state index contributed by atoms with van der Waals surface area (Å²) in [6.07, 6.45) is 25.2. The number of allylic oxidation sites excluding steroid dienone is 1. The number of carbonyl (C=O) groups is 1. The molecular formula is C20H39NO. The van der Waals surface area contributed by atoms with Gasteiger partial charge in [0.1, 0.15) is 0 Å². The van der Waals surface area contributed by atoms with Crippen LogP contribution in [0.2, 0.25) is 0 Å². The first-order chi connectivity index (χ1) is 10.8. The van der Waals surface area contributed by atoms with Gasteiger partial charge in [-0.2, -0.15) is 0 Å². The van der Waals surface area contributed by atoms with Crippen molar-refractivity contribution in [2.24, 2.45) is 5.73 Å². The molecule has 0 spiro atoms. The van der Waals surface area contributed by atoms with Gasteiger partial charge in [-0.05, 0) is 18.9 Å². The van der Waals surface area contributed by atoms with Crippen molar-refractivity contribution in [1.82, 2.24) is 0 Å². The summed E-state index contributed by atoms with van der Waals surface area (Å²) in [6, 6.07) is 0. The van der Waals surface area contributed by atoms with Gasteiger partial charge in [-0.3, -0.25) is 4.79 Å². The maximum atomic E-state index is 10.5. The lowest BCUT2D eigenvalue weighted by atomic mass is 10.0. The highest BCUT2D eigenvalue weighted by Crippen LogP contribution is 2.13. The zero-order chi connectivity index (χ0) is 16.3. The lowest BCUT2D eigenvalue weighted by molar-refractivity contribution is -0.113. The largest absolute Gasteiger partial charge is 0.366 e. The highest BCUT2D eigenvalue weighted by Gasteiger charge is 1.94. The average Bonchev–Trinajstić information content (AvgIpc) is 2.50. The summed E-state index contributed by atoms with van der Waals surface area (Å²) < 4.78 is 0. The van der Waals surface area contributed by atoms with E-state index in [0.717, 1.165) is 6.42 Å². The van der Waals surface area contributed by atoms with E-state index >= 15 is 0 Å². The van der Waals surface area contributed by atoms with Crippen LogP contribution in [0.25, 0.3) is 0 Å². The van der Waals surface area contributed by atoms with E-state index in [0.29, 0.717) is 0 Å². The zero-order valence-electron chi connectivity index (χ0n) is 15.0. The van der Waals surface area contributed by atoms with Crippen molar-refractivity contribution < 1.29 is 4.79 Å². The Hall–Kier alpha value is -0.790. The second-order valence-electron chi connectivity index (χ2n) is 6.54. The van der Waals surface area contributed by atoms with Crippen molar-refractivity contribution >= 4 is 5.91 Å². The molecule has 0 bridgehead atoms. The predicted molar refractivity (Wildman–Crippen MR) is 97.9 cm³/mol. The van der Waals surface area contributed by atoms with Crippen LogP contribution in [0.5, 0.6) is 0 Å². The number of carbonyl (C=O) groups excluding carboxylic acids is 1. The normalized spacial score (nSPS) is 11.3. The monoisotopic (exact) mass is 309 g/mol. The van der Waals surface area contributed by atoms with Gasteiger partial charge >= 0.3 is 0 Å². The molecule has 2 heteroatoms. The SMILES string of the molecule is CCCCCCCCCCCCCCCCCC=CC(N)=O. The lowest BCUT2D eigenvalue weighted by Crippen LogP contribution is -2.05. The lowest BCUT2D eigenvalue weighted by Gasteiger charge is -2.03. The molecule has 0 saturated heterocycles. The second-order valence-corrected chi connectivity index (χ2v) is 6.54. The van der Waals surface area contributed by atoms with Crippen LogP contribution in [-0.2, 0) is 4.79 Å². The molecule has 0 aliphatic heterocycles. The van der Waals surface area contributed by atoms with E-state index in [9.17, 15) is 4.79 Å². The number of rotatable bonds is 17. The maximum Gasteiger partial charge on any atom is 0.241 e. The molecule has 0 aliphatic carbocycles. The Morgan fingerprint density at radius 1 is 0.682 bits per heavy atom. The van der Waals surface area contributed by atoms with Gasteiger partial charge in [0.2, 0.25) is 5.91 Å². The minimum atomic E-state index is -0.332. The van der Waals surface area contributed by atoms with Crippen LogP contribution in [-0.4, -0.2) is 5.91 Å². The third-order valence-corrected chi connectivity index (χ3v) is 4.26. The molecule has 1 amide bonds. The molecule has 0 unspecified atom stereocenters. The predicted octanol–water partition coefficient (Wildman–Crippen LogP) is 6.29. The molecule has 0 aliphatic rings. The van der Waals surface area contributed by atoms with Crippen LogP contribution >= 0.6 is 0 Å². The van der Waals surface area contributed by atoms with E-state index in [-0.39, 0.29) is 5.91 Å². The summed E-state index contributed by atoms with van der Waals surface area (Å²) in [5.41, 5.74) is 5.03. The van der Waals surface area contributed by atoms with Crippen LogP contribution in [0, 0.1) is 0 Å². The quantitative estimate of drug-likeness (QED) is 0.249. The Balaban J connectivity index is 3.01. The smallest absolute Gasteiger partial charge is 0.241 e. The summed E-state index contributed by atoms with van der Waals surface area (Å²) in [7, 11) is 0. The van der Waals surface area contributed by atoms with Crippen LogP contribution in [0.15, 0.2) is 12.2 Å². The number of amides is 1. The third kappa shape index (κ3) is 19.2. The van der Waals surface area contributed by atoms with Crippen LogP contribution in [0.4, 0.5) is 0 Å². The first-order valence-corrected chi connectivity index (χ1v) is 9.73. The molecule has 0 fully saturated rings. The van der Waals surface area contributed by atoms with Crippen molar-refractivity contribution in [3.8, 4) is 0 Å². The van der Waals surface area contributed by atoms with Gasteiger partial charge in [0, 0.05) is 0 Å². The van der Waals surface area contributed by atoms with Crippen molar-refractivity contribution in [2.75, 3.05) is 0 Å². The number of nitrogens with two attached hydrogens (primary N) is 1. The van der Waals surface area contributed by atoms with Gasteiger partial charge < -0.3 is 5.73 Å². The first kappa shape index (κ1) is 21.2. The number of primary amides is 1. The molecule has 0 radical (unpaired) electrons. The van der Waals surface area contributed by atoms with E-state index < -0.39 is 0 Å². The van der Waals surface area contributed by atoms with Crippen molar-refractivity contribution in [2.45, 2.75) is 110 Å². The van der Waals surface area contributed by atoms with E-state index in [1.807, 2.05) is 6.08 Å². The fraction of sp³-hybridized carbons (Fsp3) is 0.850. The molecule has 2 nitrogen and oxygen atoms in total. The highest BCUT2D eigenvalue weighted by atomic mass is 16.1. The Bertz CT molecular complexity index is 260. The van der Waals surface area contributed by atoms with Crippen LogP contribution in [0.1, 0.15) is 110 Å². The van der Waals surface area contributed by atoms with Crippen LogP contribution < -0.4 is 5.73 Å². The standard InChI is InChI=1S/C20H39NO/c1-2-3-4-5-6-7-8-9-10-11-12-13-14-15-16-17-18-19-20(21)22/h18-19H,2-17H2,1H3,(H2,21,22). The van der Waals surface area contributed by atoms with Gasteiger partial charge in [0.05, 0.1) is 0 Å². The Kier molecular flexibility index (Phi) is 17.6. The molecule has 0 aromatic heterocycles. The maximum absolute atomic E-state index is 10.5. The second kappa shape index (κ2) is 18.3. The molecule has 0 atom stereocenters. The van der Waals surface area contributed by atoms with Crippen molar-refractivity contribution in [3.05, 3.63) is 12.2 Å². The minimum absolute atomic E-state index is 0.332. The molecule has 0 aromatic rings. The molecule has 130 valence electrons. The third-order valence-electron chi connectivity index (χ3n) is 4.26. The molecule has 0 saturated carbocycles. The Morgan fingerprint density at radius 2 is 1.05 bits per heavy atom. The van der Waals surface area contributed by atoms with Gasteiger partial charge in [0.15, 0.2) is 0 Å². The molecule has 0 rings (SSSR count). The number of hydrogen-bond acceptors (Lipinski definition) is 1. The Labute approximate surface area is 138 Å². The molecule has 0 heterocycles. The Morgan fingerprint density at radius 3 is 1.41 bits per heavy atom.